The van der Waals surface area contributed by atoms with Crippen LogP contribution in [0.1, 0.15) is 12.0 Å². The lowest BCUT2D eigenvalue weighted by atomic mass is 9.95. The average molecular weight is 485 g/mol. The van der Waals surface area contributed by atoms with Crippen molar-refractivity contribution in [2.75, 3.05) is 18.0 Å². The van der Waals surface area contributed by atoms with Crippen LogP contribution in [0.15, 0.2) is 55.3 Å². The highest BCUT2D eigenvalue weighted by molar-refractivity contribution is 6.02. The maximum Gasteiger partial charge on any atom is 0.282 e. The van der Waals surface area contributed by atoms with E-state index < -0.39 is 23.4 Å². The van der Waals surface area contributed by atoms with Gasteiger partial charge in [-0.25, -0.2) is 23.1 Å². The molecule has 0 radical (unpaired) electrons. The zero-order chi connectivity index (χ0) is 25.1. The first-order valence-electron chi connectivity index (χ1n) is 11.3. The monoisotopic (exact) mass is 485 g/mol. The SMILES string of the molecule is C#Cc1c(F)ccc2cccc(-c3ncc4c(N5C[C@@H]6[C@H]5CCN6C(=O)C(=C)F)ncnc4c3F)c12. The van der Waals surface area contributed by atoms with Crippen molar-refractivity contribution < 1.29 is 18.0 Å². The van der Waals surface area contributed by atoms with Crippen molar-refractivity contribution in [3.63, 3.8) is 0 Å². The summed E-state index contributed by atoms with van der Waals surface area (Å²) in [5.41, 5.74) is 0.461. The molecule has 0 spiro atoms. The molecule has 2 aromatic carbocycles. The highest BCUT2D eigenvalue weighted by Crippen LogP contribution is 2.40. The number of nitrogens with zero attached hydrogens (tertiary/aromatic N) is 5. The van der Waals surface area contributed by atoms with Gasteiger partial charge < -0.3 is 9.80 Å². The molecule has 1 amide bonds. The Morgan fingerprint density at radius 2 is 1.97 bits per heavy atom. The molecular weight excluding hydrogens is 467 g/mol. The van der Waals surface area contributed by atoms with E-state index in [1.165, 1.54) is 23.5 Å². The molecule has 4 heterocycles. The Labute approximate surface area is 204 Å². The Hall–Kier alpha value is -4.45. The van der Waals surface area contributed by atoms with Gasteiger partial charge in [0.25, 0.3) is 5.91 Å². The smallest absolute Gasteiger partial charge is 0.282 e. The molecule has 0 unspecified atom stereocenters. The number of anilines is 1. The van der Waals surface area contributed by atoms with Crippen LogP contribution in [0.3, 0.4) is 0 Å². The second kappa shape index (κ2) is 8.05. The van der Waals surface area contributed by atoms with Crippen LogP contribution in [0.25, 0.3) is 32.9 Å². The molecule has 6 nitrogen and oxygen atoms in total. The average Bonchev–Trinajstić information content (AvgIpc) is 3.19. The first-order chi connectivity index (χ1) is 17.4. The van der Waals surface area contributed by atoms with Gasteiger partial charge in [0.2, 0.25) is 0 Å². The van der Waals surface area contributed by atoms with Gasteiger partial charge in [0.15, 0.2) is 11.6 Å². The normalized spacial score (nSPS) is 18.7. The second-order valence-corrected chi connectivity index (χ2v) is 8.83. The molecule has 2 aliphatic heterocycles. The Bertz CT molecular complexity index is 1650. The minimum atomic E-state index is -0.985. The molecule has 2 atom stereocenters. The summed E-state index contributed by atoms with van der Waals surface area (Å²) >= 11 is 0. The molecule has 2 fully saturated rings. The molecule has 36 heavy (non-hydrogen) atoms. The maximum atomic E-state index is 15.9. The van der Waals surface area contributed by atoms with Crippen molar-refractivity contribution in [3.8, 4) is 23.6 Å². The third-order valence-corrected chi connectivity index (χ3v) is 7.05. The standard InChI is InChI=1S/C27H18F3N5O/c1-3-16-19(29)8-7-15-5-4-6-17(22(15)16)24-23(30)25-18(11-31-24)26(33-13-32-25)35-12-21-20(35)9-10-34(21)27(36)14(2)28/h1,4-8,11,13,20-21H,2,9-10,12H2/t20-,21-/m1/s1. The molecule has 178 valence electrons. The first-order valence-corrected chi connectivity index (χ1v) is 11.3. The van der Waals surface area contributed by atoms with Crippen molar-refractivity contribution in [1.82, 2.24) is 19.9 Å². The summed E-state index contributed by atoms with van der Waals surface area (Å²) in [7, 11) is 0. The van der Waals surface area contributed by atoms with Crippen LogP contribution in [-0.4, -0.2) is 50.9 Å². The molecular formula is C27H18F3N5O. The largest absolute Gasteiger partial charge is 0.349 e. The number of rotatable bonds is 3. The number of carbonyl (C=O) groups excluding carboxylic acids is 1. The molecule has 0 saturated carbocycles. The lowest BCUT2D eigenvalue weighted by Crippen LogP contribution is -2.63. The zero-order valence-corrected chi connectivity index (χ0v) is 18.9. The van der Waals surface area contributed by atoms with Gasteiger partial charge in [-0.1, -0.05) is 36.8 Å². The van der Waals surface area contributed by atoms with E-state index in [2.05, 4.69) is 27.5 Å². The van der Waals surface area contributed by atoms with E-state index in [9.17, 15) is 13.6 Å². The molecule has 2 saturated heterocycles. The van der Waals surface area contributed by atoms with Gasteiger partial charge in [0, 0.05) is 30.2 Å². The number of amides is 1. The number of hydrogen-bond acceptors (Lipinski definition) is 5. The Balaban J connectivity index is 1.43. The van der Waals surface area contributed by atoms with Crippen LogP contribution in [0.2, 0.25) is 0 Å². The van der Waals surface area contributed by atoms with Gasteiger partial charge in [-0.15, -0.1) is 6.42 Å². The summed E-state index contributed by atoms with van der Waals surface area (Å²) in [5.74, 6) is -0.0809. The van der Waals surface area contributed by atoms with Gasteiger partial charge in [-0.3, -0.25) is 9.78 Å². The fraction of sp³-hybridized carbons (Fsp3) is 0.185. The Morgan fingerprint density at radius 3 is 2.75 bits per heavy atom. The second-order valence-electron chi connectivity index (χ2n) is 8.83. The maximum absolute atomic E-state index is 15.9. The van der Waals surface area contributed by atoms with Gasteiger partial charge in [-0.05, 0) is 17.9 Å². The summed E-state index contributed by atoms with van der Waals surface area (Å²) in [5, 5.41) is 1.46. The van der Waals surface area contributed by atoms with E-state index in [1.807, 2.05) is 4.90 Å². The Morgan fingerprint density at radius 1 is 1.14 bits per heavy atom. The van der Waals surface area contributed by atoms with E-state index in [0.717, 1.165) is 0 Å². The molecule has 6 rings (SSSR count). The molecule has 4 aromatic rings. The molecule has 2 aliphatic rings. The van der Waals surface area contributed by atoms with Crippen molar-refractivity contribution >= 4 is 33.4 Å². The fourth-order valence-corrected chi connectivity index (χ4v) is 5.36. The Kier molecular flexibility index (Phi) is 4.93. The predicted octanol–water partition coefficient (Wildman–Crippen LogP) is 4.38. The number of pyridine rings is 1. The van der Waals surface area contributed by atoms with Gasteiger partial charge in [0.05, 0.1) is 23.0 Å². The van der Waals surface area contributed by atoms with Crippen molar-refractivity contribution in [1.29, 1.82) is 0 Å². The topological polar surface area (TPSA) is 62.2 Å². The van der Waals surface area contributed by atoms with Crippen molar-refractivity contribution in [2.24, 2.45) is 0 Å². The molecule has 0 bridgehead atoms. The third-order valence-electron chi connectivity index (χ3n) is 7.05. The lowest BCUT2D eigenvalue weighted by molar-refractivity contribution is -0.130. The van der Waals surface area contributed by atoms with Crippen LogP contribution >= 0.6 is 0 Å². The van der Waals surface area contributed by atoms with E-state index >= 15 is 4.39 Å². The number of aromatic nitrogens is 3. The highest BCUT2D eigenvalue weighted by atomic mass is 19.1. The van der Waals surface area contributed by atoms with Gasteiger partial charge >= 0.3 is 0 Å². The summed E-state index contributed by atoms with van der Waals surface area (Å²) in [6, 6.07) is 7.77. The van der Waals surface area contributed by atoms with E-state index in [0.29, 0.717) is 47.1 Å². The number of fused-ring (bicyclic) bond motifs is 3. The van der Waals surface area contributed by atoms with Crippen molar-refractivity contribution in [2.45, 2.75) is 18.5 Å². The number of terminal acetylenes is 1. The van der Waals surface area contributed by atoms with Crippen LogP contribution in [0.5, 0.6) is 0 Å². The summed E-state index contributed by atoms with van der Waals surface area (Å²) < 4.78 is 43.7. The van der Waals surface area contributed by atoms with E-state index in [-0.39, 0.29) is 28.9 Å². The molecule has 9 heteroatoms. The minimum Gasteiger partial charge on any atom is -0.349 e. The lowest BCUT2D eigenvalue weighted by Gasteiger charge is -2.47. The molecule has 0 aliphatic carbocycles. The number of hydrogen-bond donors (Lipinski definition) is 0. The molecule has 0 N–H and O–H groups in total. The highest BCUT2D eigenvalue weighted by Gasteiger charge is 2.50. The number of benzene rings is 2. The summed E-state index contributed by atoms with van der Waals surface area (Å²) in [6.45, 7) is 3.93. The van der Waals surface area contributed by atoms with Gasteiger partial charge in [0.1, 0.15) is 29.2 Å². The minimum absolute atomic E-state index is 0.000400. The number of likely N-dealkylation sites (tertiary alicyclic amines) is 1. The number of carbonyl (C=O) groups is 1. The quantitative estimate of drug-likeness (QED) is 0.319. The van der Waals surface area contributed by atoms with E-state index in [4.69, 9.17) is 6.42 Å². The molecule has 2 aromatic heterocycles. The van der Waals surface area contributed by atoms with Crippen LogP contribution in [0, 0.1) is 24.0 Å². The van der Waals surface area contributed by atoms with Gasteiger partial charge in [-0.2, -0.15) is 0 Å². The van der Waals surface area contributed by atoms with E-state index in [1.54, 1.807) is 24.3 Å². The first kappa shape index (κ1) is 22.0. The van der Waals surface area contributed by atoms with Crippen LogP contribution in [-0.2, 0) is 4.79 Å². The third kappa shape index (κ3) is 3.07. The summed E-state index contributed by atoms with van der Waals surface area (Å²) in [6.07, 6.45) is 8.96. The van der Waals surface area contributed by atoms with Crippen LogP contribution in [0.4, 0.5) is 19.0 Å². The predicted molar refractivity (Wildman–Crippen MR) is 130 cm³/mol. The fourth-order valence-electron chi connectivity index (χ4n) is 5.36. The summed E-state index contributed by atoms with van der Waals surface area (Å²) in [4.78, 5) is 28.4. The van der Waals surface area contributed by atoms with Crippen LogP contribution < -0.4 is 4.90 Å². The van der Waals surface area contributed by atoms with Crippen molar-refractivity contribution in [3.05, 3.63) is 72.5 Å². The zero-order valence-electron chi connectivity index (χ0n) is 18.9. The number of halogens is 3.